The van der Waals surface area contributed by atoms with Gasteiger partial charge in [0.25, 0.3) is 5.91 Å². The minimum absolute atomic E-state index is 0.00792. The monoisotopic (exact) mass is 497 g/mol. The molecule has 4 rings (SSSR count). The predicted molar refractivity (Wildman–Crippen MR) is 118 cm³/mol. The van der Waals surface area contributed by atoms with E-state index in [0.29, 0.717) is 11.3 Å². The fraction of sp³-hybridized carbons (Fsp3) is 0.0526. The molecule has 0 saturated heterocycles. The third-order valence-electron chi connectivity index (χ3n) is 4.27. The van der Waals surface area contributed by atoms with Gasteiger partial charge >= 0.3 is 0 Å². The van der Waals surface area contributed by atoms with Crippen LogP contribution in [0.15, 0.2) is 62.7 Å². The van der Waals surface area contributed by atoms with Gasteiger partial charge in [-0.15, -0.1) is 5.10 Å². The highest BCUT2D eigenvalue weighted by atomic mass is 79.9. The Morgan fingerprint density at radius 3 is 2.81 bits per heavy atom. The summed E-state index contributed by atoms with van der Waals surface area (Å²) in [5, 5.41) is 32.1. The molecule has 0 aliphatic rings. The van der Waals surface area contributed by atoms with Crippen molar-refractivity contribution < 1.29 is 14.5 Å². The number of hydrazone groups is 1. The molecule has 0 atom stereocenters. The van der Waals surface area contributed by atoms with Crippen LogP contribution in [0.2, 0.25) is 0 Å². The van der Waals surface area contributed by atoms with Crippen molar-refractivity contribution in [3.05, 3.63) is 70.0 Å². The Labute approximate surface area is 189 Å². The molecular weight excluding hydrogens is 482 g/mol. The topological polar surface area (TPSA) is 169 Å². The van der Waals surface area contributed by atoms with Crippen LogP contribution >= 0.6 is 15.9 Å². The van der Waals surface area contributed by atoms with E-state index < -0.39 is 5.91 Å². The molecule has 0 aliphatic carbocycles. The van der Waals surface area contributed by atoms with Gasteiger partial charge in [-0.25, -0.2) is 10.1 Å². The van der Waals surface area contributed by atoms with Crippen molar-refractivity contribution in [2.24, 2.45) is 5.10 Å². The number of nitrogens with one attached hydrogen (secondary N) is 2. The number of aromatic hydroxyl groups is 1. The standard InChI is InChI=1S/C19H16BrN9O3/c20-12-6-7-15(30)11(8-12)9-23-25-19(31)16-14(10-22-13-4-2-1-3-5-13)29(28-24-16)18-17(21)26-32-27-18/h1-9,22,30H,10H2,(H2,21,26)(H,25,31). The van der Waals surface area contributed by atoms with Gasteiger partial charge in [-0.2, -0.15) is 9.78 Å². The highest BCUT2D eigenvalue weighted by Crippen LogP contribution is 2.20. The van der Waals surface area contributed by atoms with E-state index in [0.717, 1.165) is 10.2 Å². The molecule has 1 amide bonds. The maximum Gasteiger partial charge on any atom is 0.293 e. The maximum absolute atomic E-state index is 12.8. The number of anilines is 2. The number of nitrogens with zero attached hydrogens (tertiary/aromatic N) is 6. The Morgan fingerprint density at radius 1 is 1.25 bits per heavy atom. The average Bonchev–Trinajstić information content (AvgIpc) is 3.41. The second-order valence-corrected chi connectivity index (χ2v) is 7.31. The first-order valence-electron chi connectivity index (χ1n) is 9.16. The summed E-state index contributed by atoms with van der Waals surface area (Å²) in [6, 6.07) is 14.2. The summed E-state index contributed by atoms with van der Waals surface area (Å²) >= 11 is 3.31. The molecule has 0 unspecified atom stereocenters. The maximum atomic E-state index is 12.8. The van der Waals surface area contributed by atoms with Crippen LogP contribution in [0.5, 0.6) is 5.75 Å². The number of nitrogens with two attached hydrogens (primary N) is 1. The molecule has 0 bridgehead atoms. The quantitative estimate of drug-likeness (QED) is 0.220. The molecule has 162 valence electrons. The van der Waals surface area contributed by atoms with Gasteiger partial charge < -0.3 is 16.2 Å². The van der Waals surface area contributed by atoms with E-state index in [1.165, 1.54) is 17.0 Å². The molecule has 0 aliphatic heterocycles. The van der Waals surface area contributed by atoms with Gasteiger partial charge in [-0.3, -0.25) is 4.79 Å². The molecule has 2 heterocycles. The first-order valence-corrected chi connectivity index (χ1v) is 9.96. The fourth-order valence-electron chi connectivity index (χ4n) is 2.73. The number of aromatic nitrogens is 5. The summed E-state index contributed by atoms with van der Waals surface area (Å²) in [5.74, 6) is -0.518. The molecular formula is C19H16BrN9O3. The summed E-state index contributed by atoms with van der Waals surface area (Å²) in [7, 11) is 0. The van der Waals surface area contributed by atoms with Gasteiger partial charge in [0, 0.05) is 15.7 Å². The van der Waals surface area contributed by atoms with Crippen molar-refractivity contribution in [2.45, 2.75) is 6.54 Å². The van der Waals surface area contributed by atoms with Crippen molar-refractivity contribution in [3.63, 3.8) is 0 Å². The average molecular weight is 498 g/mol. The van der Waals surface area contributed by atoms with E-state index in [9.17, 15) is 9.90 Å². The Bertz CT molecular complexity index is 1270. The number of phenolic OH excluding ortho intramolecular Hbond substituents is 1. The molecule has 2 aromatic carbocycles. The zero-order chi connectivity index (χ0) is 22.5. The van der Waals surface area contributed by atoms with Gasteiger partial charge in [-0.1, -0.05) is 39.3 Å². The molecule has 32 heavy (non-hydrogen) atoms. The number of hydrogen-bond acceptors (Lipinski definition) is 10. The Kier molecular flexibility index (Phi) is 6.07. The lowest BCUT2D eigenvalue weighted by Crippen LogP contribution is -2.21. The molecule has 0 spiro atoms. The lowest BCUT2D eigenvalue weighted by molar-refractivity contribution is 0.0949. The molecule has 4 aromatic rings. The summed E-state index contributed by atoms with van der Waals surface area (Å²) in [6.07, 6.45) is 1.31. The largest absolute Gasteiger partial charge is 0.507 e. The highest BCUT2D eigenvalue weighted by Gasteiger charge is 2.23. The molecule has 0 radical (unpaired) electrons. The smallest absolute Gasteiger partial charge is 0.293 e. The van der Waals surface area contributed by atoms with Crippen LogP contribution in [0.3, 0.4) is 0 Å². The van der Waals surface area contributed by atoms with E-state index in [-0.39, 0.29) is 29.6 Å². The van der Waals surface area contributed by atoms with Gasteiger partial charge in [0.05, 0.1) is 18.5 Å². The van der Waals surface area contributed by atoms with Crippen LogP contribution in [-0.2, 0) is 6.54 Å². The van der Waals surface area contributed by atoms with E-state index in [1.807, 2.05) is 30.3 Å². The number of nitrogen functional groups attached to an aromatic ring is 1. The normalized spacial score (nSPS) is 11.0. The van der Waals surface area contributed by atoms with E-state index in [4.69, 9.17) is 5.73 Å². The van der Waals surface area contributed by atoms with Crippen LogP contribution in [0.25, 0.3) is 5.82 Å². The number of carbonyl (C=O) groups is 1. The second-order valence-electron chi connectivity index (χ2n) is 6.39. The van der Waals surface area contributed by atoms with Gasteiger partial charge in [0.1, 0.15) is 5.75 Å². The van der Waals surface area contributed by atoms with Crippen LogP contribution in [0.4, 0.5) is 11.5 Å². The first-order chi connectivity index (χ1) is 15.5. The van der Waals surface area contributed by atoms with Crippen LogP contribution in [0.1, 0.15) is 21.7 Å². The minimum atomic E-state index is -0.623. The van der Waals surface area contributed by atoms with Gasteiger partial charge in [-0.05, 0) is 40.6 Å². The van der Waals surface area contributed by atoms with Crippen molar-refractivity contribution >= 4 is 39.6 Å². The first kappa shape index (κ1) is 21.0. The van der Waals surface area contributed by atoms with Crippen molar-refractivity contribution in [1.82, 2.24) is 30.7 Å². The number of carbonyl (C=O) groups excluding carboxylic acids is 1. The zero-order valence-electron chi connectivity index (χ0n) is 16.3. The van der Waals surface area contributed by atoms with E-state index in [1.54, 1.807) is 12.1 Å². The van der Waals surface area contributed by atoms with E-state index >= 15 is 0 Å². The molecule has 12 nitrogen and oxygen atoms in total. The highest BCUT2D eigenvalue weighted by molar-refractivity contribution is 9.10. The lowest BCUT2D eigenvalue weighted by Gasteiger charge is -2.08. The predicted octanol–water partition coefficient (Wildman–Crippen LogP) is 2.08. The summed E-state index contributed by atoms with van der Waals surface area (Å²) in [5.41, 5.74) is 9.73. The van der Waals surface area contributed by atoms with Crippen LogP contribution in [0, 0.1) is 0 Å². The third kappa shape index (κ3) is 4.57. The minimum Gasteiger partial charge on any atom is -0.507 e. The molecule has 13 heteroatoms. The van der Waals surface area contributed by atoms with Gasteiger partial charge in [0.15, 0.2) is 5.69 Å². The number of hydrogen-bond donors (Lipinski definition) is 4. The molecule has 5 N–H and O–H groups in total. The summed E-state index contributed by atoms with van der Waals surface area (Å²) in [4.78, 5) is 12.8. The van der Waals surface area contributed by atoms with Crippen molar-refractivity contribution in [2.75, 3.05) is 11.1 Å². The molecule has 2 aromatic heterocycles. The fourth-order valence-corrected chi connectivity index (χ4v) is 3.11. The van der Waals surface area contributed by atoms with Crippen LogP contribution in [-0.4, -0.2) is 42.5 Å². The number of benzene rings is 2. The molecule has 0 fully saturated rings. The second kappa shape index (κ2) is 9.26. The third-order valence-corrected chi connectivity index (χ3v) is 4.76. The van der Waals surface area contributed by atoms with Crippen molar-refractivity contribution in [3.8, 4) is 11.6 Å². The summed E-state index contributed by atoms with van der Waals surface area (Å²) < 4.78 is 6.65. The number of phenols is 1. The lowest BCUT2D eigenvalue weighted by atomic mass is 10.2. The Morgan fingerprint density at radius 2 is 2.06 bits per heavy atom. The van der Waals surface area contributed by atoms with Crippen molar-refractivity contribution in [1.29, 1.82) is 0 Å². The Hall–Kier alpha value is -4.26. The number of amides is 1. The van der Waals surface area contributed by atoms with Crippen LogP contribution < -0.4 is 16.5 Å². The van der Waals surface area contributed by atoms with Gasteiger partial charge in [0.2, 0.25) is 11.6 Å². The zero-order valence-corrected chi connectivity index (χ0v) is 17.9. The number of para-hydroxylation sites is 1. The SMILES string of the molecule is Nc1nonc1-n1nnc(C(=O)NN=Cc2cc(Br)ccc2O)c1CNc1ccccc1. The Balaban J connectivity index is 1.58. The molecule has 0 saturated carbocycles. The van der Waals surface area contributed by atoms with E-state index in [2.05, 4.69) is 57.0 Å². The number of rotatable bonds is 7. The summed E-state index contributed by atoms with van der Waals surface area (Å²) in [6.45, 7) is 0.169. The number of halogens is 1.